The van der Waals surface area contributed by atoms with Crippen molar-refractivity contribution in [2.24, 2.45) is 11.1 Å². The van der Waals surface area contributed by atoms with E-state index in [9.17, 15) is 4.79 Å². The van der Waals surface area contributed by atoms with E-state index in [1.54, 1.807) is 7.11 Å². The van der Waals surface area contributed by atoms with E-state index in [1.165, 1.54) is 12.8 Å². The van der Waals surface area contributed by atoms with Crippen molar-refractivity contribution < 1.29 is 9.53 Å². The van der Waals surface area contributed by atoms with E-state index in [0.717, 1.165) is 45.4 Å². The van der Waals surface area contributed by atoms with Crippen LogP contribution in [0.2, 0.25) is 0 Å². The lowest BCUT2D eigenvalue weighted by atomic mass is 9.79. The lowest BCUT2D eigenvalue weighted by Crippen LogP contribution is -2.47. The van der Waals surface area contributed by atoms with Gasteiger partial charge in [0.25, 0.3) is 0 Å². The molecule has 5 heteroatoms. The zero-order valence-electron chi connectivity index (χ0n) is 13.1. The molecule has 0 saturated heterocycles. The number of methoxy groups -OCH3 is 1. The Kier molecular flexibility index (Phi) is 8.11. The summed E-state index contributed by atoms with van der Waals surface area (Å²) in [7, 11) is 3.74. The number of hydrogen-bond acceptors (Lipinski definition) is 4. The van der Waals surface area contributed by atoms with Crippen LogP contribution in [-0.4, -0.2) is 57.8 Å². The van der Waals surface area contributed by atoms with E-state index in [-0.39, 0.29) is 11.3 Å². The molecule has 0 aromatic rings. The van der Waals surface area contributed by atoms with Crippen molar-refractivity contribution in [2.75, 3.05) is 46.9 Å². The van der Waals surface area contributed by atoms with Crippen LogP contribution < -0.4 is 11.1 Å². The average molecular weight is 285 g/mol. The summed E-state index contributed by atoms with van der Waals surface area (Å²) in [6.45, 7) is 3.60. The van der Waals surface area contributed by atoms with Crippen LogP contribution in [0.4, 0.5) is 0 Å². The number of carbonyl (C=O) groups excluding carboxylic acids is 1. The SMILES string of the molecule is COCCN(C)CCNC(=O)C1(CN)CCCCCC1. The highest BCUT2D eigenvalue weighted by Crippen LogP contribution is 2.34. The number of nitrogens with zero attached hydrogens (tertiary/aromatic N) is 1. The van der Waals surface area contributed by atoms with Gasteiger partial charge >= 0.3 is 0 Å². The molecule has 0 atom stereocenters. The normalized spacial score (nSPS) is 18.8. The molecule has 0 bridgehead atoms. The van der Waals surface area contributed by atoms with Gasteiger partial charge in [-0.1, -0.05) is 25.7 Å². The maximum atomic E-state index is 12.5. The van der Waals surface area contributed by atoms with E-state index in [0.29, 0.717) is 13.1 Å². The predicted octanol–water partition coefficient (Wildman–Crippen LogP) is 0.980. The molecule has 1 fully saturated rings. The van der Waals surface area contributed by atoms with Crippen LogP contribution in [0.15, 0.2) is 0 Å². The van der Waals surface area contributed by atoms with Gasteiger partial charge in [-0.15, -0.1) is 0 Å². The van der Waals surface area contributed by atoms with Crippen molar-refractivity contribution in [1.29, 1.82) is 0 Å². The van der Waals surface area contributed by atoms with Crippen molar-refractivity contribution in [2.45, 2.75) is 38.5 Å². The van der Waals surface area contributed by atoms with Gasteiger partial charge in [0.15, 0.2) is 0 Å². The summed E-state index contributed by atoms with van der Waals surface area (Å²) in [5.41, 5.74) is 5.60. The fourth-order valence-electron chi connectivity index (χ4n) is 2.84. The number of hydrogen-bond donors (Lipinski definition) is 2. The maximum absolute atomic E-state index is 12.5. The Balaban J connectivity index is 2.35. The van der Waals surface area contributed by atoms with Gasteiger partial charge in [0.05, 0.1) is 12.0 Å². The minimum Gasteiger partial charge on any atom is -0.383 e. The van der Waals surface area contributed by atoms with Gasteiger partial charge in [-0.25, -0.2) is 0 Å². The molecule has 3 N–H and O–H groups in total. The molecule has 20 heavy (non-hydrogen) atoms. The molecule has 1 saturated carbocycles. The highest BCUT2D eigenvalue weighted by molar-refractivity contribution is 5.82. The Hall–Kier alpha value is -0.650. The van der Waals surface area contributed by atoms with E-state index in [2.05, 4.69) is 10.2 Å². The second-order valence-corrected chi connectivity index (χ2v) is 5.95. The summed E-state index contributed by atoms with van der Waals surface area (Å²) in [5.74, 6) is 0.155. The number of likely N-dealkylation sites (N-methyl/N-ethyl adjacent to an activating group) is 1. The van der Waals surface area contributed by atoms with Crippen LogP contribution in [0.3, 0.4) is 0 Å². The van der Waals surface area contributed by atoms with Gasteiger partial charge < -0.3 is 20.7 Å². The van der Waals surface area contributed by atoms with Crippen LogP contribution in [0, 0.1) is 5.41 Å². The number of amides is 1. The molecule has 0 spiro atoms. The minimum atomic E-state index is -0.318. The zero-order valence-corrected chi connectivity index (χ0v) is 13.1. The summed E-state index contributed by atoms with van der Waals surface area (Å²) in [5, 5.41) is 3.08. The third kappa shape index (κ3) is 5.38. The van der Waals surface area contributed by atoms with E-state index in [4.69, 9.17) is 10.5 Å². The molecule has 0 heterocycles. The number of carbonyl (C=O) groups is 1. The van der Waals surface area contributed by atoms with E-state index >= 15 is 0 Å². The Morgan fingerprint density at radius 1 is 1.25 bits per heavy atom. The second kappa shape index (κ2) is 9.32. The van der Waals surface area contributed by atoms with Gasteiger partial charge in [-0.05, 0) is 19.9 Å². The predicted molar refractivity (Wildman–Crippen MR) is 81.6 cm³/mol. The molecule has 5 nitrogen and oxygen atoms in total. The Bertz CT molecular complexity index is 276. The van der Waals surface area contributed by atoms with Gasteiger partial charge in [-0.3, -0.25) is 4.79 Å². The first-order chi connectivity index (χ1) is 9.64. The average Bonchev–Trinajstić information content (AvgIpc) is 2.71. The first-order valence-corrected chi connectivity index (χ1v) is 7.80. The molecule has 0 unspecified atom stereocenters. The maximum Gasteiger partial charge on any atom is 0.227 e. The molecule has 1 rings (SSSR count). The minimum absolute atomic E-state index is 0.155. The lowest BCUT2D eigenvalue weighted by molar-refractivity contribution is -0.131. The first-order valence-electron chi connectivity index (χ1n) is 7.80. The Labute approximate surface area is 123 Å². The first kappa shape index (κ1) is 17.4. The molecular formula is C15H31N3O2. The third-order valence-corrected chi connectivity index (χ3v) is 4.39. The fraction of sp³-hybridized carbons (Fsp3) is 0.933. The van der Waals surface area contributed by atoms with Crippen LogP contribution >= 0.6 is 0 Å². The van der Waals surface area contributed by atoms with Crippen molar-refractivity contribution in [3.8, 4) is 0 Å². The van der Waals surface area contributed by atoms with E-state index in [1.807, 2.05) is 7.05 Å². The molecule has 1 amide bonds. The Morgan fingerprint density at radius 3 is 2.45 bits per heavy atom. The summed E-state index contributed by atoms with van der Waals surface area (Å²) < 4.78 is 5.04. The smallest absolute Gasteiger partial charge is 0.227 e. The van der Waals surface area contributed by atoms with Crippen LogP contribution in [0.25, 0.3) is 0 Å². The second-order valence-electron chi connectivity index (χ2n) is 5.95. The largest absolute Gasteiger partial charge is 0.383 e. The third-order valence-electron chi connectivity index (χ3n) is 4.39. The van der Waals surface area contributed by atoms with Gasteiger partial charge in [0.2, 0.25) is 5.91 Å². The van der Waals surface area contributed by atoms with Crippen molar-refractivity contribution >= 4 is 5.91 Å². The molecule has 0 aromatic carbocycles. The highest BCUT2D eigenvalue weighted by Gasteiger charge is 2.36. The number of nitrogens with two attached hydrogens (primary N) is 1. The molecule has 1 aliphatic rings. The molecule has 0 aliphatic heterocycles. The highest BCUT2D eigenvalue weighted by atomic mass is 16.5. The molecule has 0 aromatic heterocycles. The quantitative estimate of drug-likeness (QED) is 0.652. The van der Waals surface area contributed by atoms with Crippen molar-refractivity contribution in [3.63, 3.8) is 0 Å². The number of rotatable bonds is 8. The molecule has 118 valence electrons. The summed E-state index contributed by atoms with van der Waals surface area (Å²) in [4.78, 5) is 14.6. The van der Waals surface area contributed by atoms with Crippen molar-refractivity contribution in [1.82, 2.24) is 10.2 Å². The van der Waals surface area contributed by atoms with Crippen molar-refractivity contribution in [3.05, 3.63) is 0 Å². The summed E-state index contributed by atoms with van der Waals surface area (Å²) >= 11 is 0. The summed E-state index contributed by atoms with van der Waals surface area (Å²) in [6, 6.07) is 0. The van der Waals surface area contributed by atoms with Crippen LogP contribution in [0.5, 0.6) is 0 Å². The number of ether oxygens (including phenoxy) is 1. The summed E-state index contributed by atoms with van der Waals surface area (Å²) in [6.07, 6.45) is 6.59. The van der Waals surface area contributed by atoms with Gasteiger partial charge in [0.1, 0.15) is 0 Å². The van der Waals surface area contributed by atoms with Crippen LogP contribution in [0.1, 0.15) is 38.5 Å². The molecular weight excluding hydrogens is 254 g/mol. The standard InChI is InChI=1S/C15H31N3O2/c1-18(11-12-20-2)10-9-17-14(19)15(13-16)7-5-3-4-6-8-15/h3-13,16H2,1-2H3,(H,17,19). The molecule has 1 aliphatic carbocycles. The zero-order chi connectivity index (χ0) is 14.8. The number of nitrogens with one attached hydrogen (secondary N) is 1. The van der Waals surface area contributed by atoms with Gasteiger partial charge in [0, 0.05) is 33.3 Å². The molecule has 0 radical (unpaired) electrons. The van der Waals surface area contributed by atoms with Crippen LogP contribution in [-0.2, 0) is 9.53 Å². The Morgan fingerprint density at radius 2 is 1.90 bits per heavy atom. The topological polar surface area (TPSA) is 67.6 Å². The van der Waals surface area contributed by atoms with Gasteiger partial charge in [-0.2, -0.15) is 0 Å². The lowest BCUT2D eigenvalue weighted by Gasteiger charge is -2.30. The fourth-order valence-corrected chi connectivity index (χ4v) is 2.84. The van der Waals surface area contributed by atoms with E-state index < -0.39 is 0 Å². The monoisotopic (exact) mass is 285 g/mol.